The molecule has 1 spiro atoms. The molecule has 1 aromatic carbocycles. The van der Waals surface area contributed by atoms with Crippen LogP contribution in [0.5, 0.6) is 5.75 Å². The Balaban J connectivity index is 1.58. The van der Waals surface area contributed by atoms with Gasteiger partial charge in [-0.05, 0) is 50.3 Å². The summed E-state index contributed by atoms with van der Waals surface area (Å²) < 4.78 is 16.7. The third kappa shape index (κ3) is 4.10. The molecule has 0 aliphatic carbocycles. The summed E-state index contributed by atoms with van der Waals surface area (Å²) in [5, 5.41) is 0.450. The molecule has 6 heteroatoms. The van der Waals surface area contributed by atoms with Crippen LogP contribution in [0.25, 0.3) is 0 Å². The SMILES string of the molecule is CCOCCC1CCOC2(C1)CN(C(=O)c1cc(OC)ccc1Cl)C2. The fraction of sp³-hybridized carbons (Fsp3) is 0.632. The van der Waals surface area contributed by atoms with Crippen LogP contribution in [0.4, 0.5) is 0 Å². The summed E-state index contributed by atoms with van der Waals surface area (Å²) in [5.74, 6) is 1.18. The van der Waals surface area contributed by atoms with Crippen LogP contribution in [-0.2, 0) is 9.47 Å². The summed E-state index contributed by atoms with van der Waals surface area (Å²) in [6.45, 7) is 5.61. The maximum Gasteiger partial charge on any atom is 0.255 e. The molecule has 3 rings (SSSR count). The van der Waals surface area contributed by atoms with Gasteiger partial charge in [-0.2, -0.15) is 0 Å². The zero-order valence-corrected chi connectivity index (χ0v) is 15.7. The van der Waals surface area contributed by atoms with Gasteiger partial charge in [0.2, 0.25) is 0 Å². The molecule has 1 unspecified atom stereocenters. The van der Waals surface area contributed by atoms with Crippen molar-refractivity contribution in [3.05, 3.63) is 28.8 Å². The smallest absolute Gasteiger partial charge is 0.255 e. The lowest BCUT2D eigenvalue weighted by molar-refractivity contribution is -0.167. The van der Waals surface area contributed by atoms with Crippen LogP contribution in [0.15, 0.2) is 18.2 Å². The van der Waals surface area contributed by atoms with Crippen LogP contribution >= 0.6 is 11.6 Å². The van der Waals surface area contributed by atoms with Gasteiger partial charge in [-0.1, -0.05) is 11.6 Å². The molecule has 25 heavy (non-hydrogen) atoms. The van der Waals surface area contributed by atoms with Crippen molar-refractivity contribution in [2.75, 3.05) is 40.0 Å². The molecule has 2 aliphatic rings. The average Bonchev–Trinajstić information content (AvgIpc) is 2.60. The van der Waals surface area contributed by atoms with Crippen molar-refractivity contribution in [2.45, 2.75) is 31.8 Å². The molecule has 0 bridgehead atoms. The summed E-state index contributed by atoms with van der Waals surface area (Å²) in [6, 6.07) is 5.15. The zero-order chi connectivity index (χ0) is 17.9. The normalized spacial score (nSPS) is 21.9. The molecule has 1 aromatic rings. The first-order valence-electron chi connectivity index (χ1n) is 8.91. The summed E-state index contributed by atoms with van der Waals surface area (Å²) in [4.78, 5) is 14.6. The number of rotatable bonds is 6. The number of carbonyl (C=O) groups is 1. The quantitative estimate of drug-likeness (QED) is 0.723. The highest BCUT2D eigenvalue weighted by Crippen LogP contribution is 2.39. The number of carbonyl (C=O) groups excluding carboxylic acids is 1. The van der Waals surface area contributed by atoms with E-state index >= 15 is 0 Å². The van der Waals surface area contributed by atoms with Crippen molar-refractivity contribution in [1.29, 1.82) is 0 Å². The molecule has 0 radical (unpaired) electrons. The van der Waals surface area contributed by atoms with Gasteiger partial charge in [0.15, 0.2) is 0 Å². The summed E-state index contributed by atoms with van der Waals surface area (Å²) in [7, 11) is 1.58. The molecule has 0 aromatic heterocycles. The molecule has 2 saturated heterocycles. The Morgan fingerprint density at radius 2 is 2.24 bits per heavy atom. The Bertz CT molecular complexity index is 615. The van der Waals surface area contributed by atoms with Crippen LogP contribution in [0, 0.1) is 5.92 Å². The summed E-state index contributed by atoms with van der Waals surface area (Å²) >= 11 is 6.20. The molecule has 1 amide bonds. The van der Waals surface area contributed by atoms with Gasteiger partial charge in [0, 0.05) is 19.8 Å². The molecule has 2 aliphatic heterocycles. The standard InChI is InChI=1S/C19H26ClNO4/c1-3-24-8-6-14-7-9-25-19(11-14)12-21(13-19)18(22)16-10-15(23-2)4-5-17(16)20/h4-5,10,14H,3,6-9,11-13H2,1-2H3. The van der Waals surface area contributed by atoms with Crippen LogP contribution in [0.1, 0.15) is 36.5 Å². The van der Waals surface area contributed by atoms with E-state index < -0.39 is 0 Å². The van der Waals surface area contributed by atoms with E-state index in [-0.39, 0.29) is 11.5 Å². The van der Waals surface area contributed by atoms with Gasteiger partial charge in [0.05, 0.1) is 30.8 Å². The number of benzene rings is 1. The van der Waals surface area contributed by atoms with E-state index in [2.05, 4.69) is 0 Å². The Morgan fingerprint density at radius 3 is 2.96 bits per heavy atom. The van der Waals surface area contributed by atoms with Crippen molar-refractivity contribution in [2.24, 2.45) is 5.92 Å². The lowest BCUT2D eigenvalue weighted by Gasteiger charge is -2.53. The minimum absolute atomic E-state index is 0.0606. The molecule has 5 nitrogen and oxygen atoms in total. The first-order chi connectivity index (χ1) is 12.1. The maximum absolute atomic E-state index is 12.7. The third-order valence-electron chi connectivity index (χ3n) is 5.12. The van der Waals surface area contributed by atoms with Gasteiger partial charge in [-0.3, -0.25) is 4.79 Å². The second-order valence-corrected chi connectivity index (χ2v) is 7.29. The Labute approximate surface area is 154 Å². The van der Waals surface area contributed by atoms with E-state index in [0.29, 0.717) is 35.3 Å². The number of amides is 1. The fourth-order valence-electron chi connectivity index (χ4n) is 3.75. The van der Waals surface area contributed by atoms with Gasteiger partial charge < -0.3 is 19.1 Å². The monoisotopic (exact) mass is 367 g/mol. The van der Waals surface area contributed by atoms with E-state index in [9.17, 15) is 4.79 Å². The minimum atomic E-state index is -0.184. The summed E-state index contributed by atoms with van der Waals surface area (Å²) in [6.07, 6.45) is 3.13. The Morgan fingerprint density at radius 1 is 1.44 bits per heavy atom. The summed E-state index contributed by atoms with van der Waals surface area (Å²) in [5.41, 5.74) is 0.301. The lowest BCUT2D eigenvalue weighted by Crippen LogP contribution is -2.66. The highest BCUT2D eigenvalue weighted by atomic mass is 35.5. The van der Waals surface area contributed by atoms with Gasteiger partial charge in [-0.25, -0.2) is 0 Å². The maximum atomic E-state index is 12.7. The Hall–Kier alpha value is -1.30. The van der Waals surface area contributed by atoms with Crippen LogP contribution < -0.4 is 4.74 Å². The lowest BCUT2D eigenvalue weighted by atomic mass is 9.79. The van der Waals surface area contributed by atoms with Crippen LogP contribution in [0.3, 0.4) is 0 Å². The largest absolute Gasteiger partial charge is 0.497 e. The van der Waals surface area contributed by atoms with Gasteiger partial charge in [-0.15, -0.1) is 0 Å². The number of likely N-dealkylation sites (tertiary alicyclic amines) is 1. The van der Waals surface area contributed by atoms with E-state index in [1.54, 1.807) is 25.3 Å². The van der Waals surface area contributed by atoms with E-state index in [1.807, 2.05) is 11.8 Å². The number of hydrogen-bond acceptors (Lipinski definition) is 4. The fourth-order valence-corrected chi connectivity index (χ4v) is 3.95. The topological polar surface area (TPSA) is 48.0 Å². The van der Waals surface area contributed by atoms with Crippen molar-refractivity contribution in [3.63, 3.8) is 0 Å². The van der Waals surface area contributed by atoms with E-state index in [4.69, 9.17) is 25.8 Å². The van der Waals surface area contributed by atoms with Crippen LogP contribution in [-0.4, -0.2) is 56.4 Å². The van der Waals surface area contributed by atoms with Gasteiger partial charge in [0.1, 0.15) is 11.4 Å². The Kier molecular flexibility index (Phi) is 5.87. The van der Waals surface area contributed by atoms with Gasteiger partial charge in [0.25, 0.3) is 5.91 Å². The average molecular weight is 368 g/mol. The molecular weight excluding hydrogens is 342 g/mol. The van der Waals surface area contributed by atoms with Crippen molar-refractivity contribution < 1.29 is 19.0 Å². The minimum Gasteiger partial charge on any atom is -0.497 e. The molecule has 1 atom stereocenters. The second kappa shape index (κ2) is 7.94. The third-order valence-corrected chi connectivity index (χ3v) is 5.45. The predicted octanol–water partition coefficient (Wildman–Crippen LogP) is 3.40. The molecule has 0 saturated carbocycles. The van der Waals surface area contributed by atoms with Crippen molar-refractivity contribution >= 4 is 17.5 Å². The molecule has 0 N–H and O–H groups in total. The number of nitrogens with zero attached hydrogens (tertiary/aromatic N) is 1. The molecule has 2 heterocycles. The number of hydrogen-bond donors (Lipinski definition) is 0. The predicted molar refractivity (Wildman–Crippen MR) is 96.4 cm³/mol. The first kappa shape index (κ1) is 18.5. The van der Waals surface area contributed by atoms with Crippen molar-refractivity contribution in [1.82, 2.24) is 4.90 Å². The molecule has 138 valence electrons. The highest BCUT2D eigenvalue weighted by molar-refractivity contribution is 6.33. The van der Waals surface area contributed by atoms with E-state index in [1.165, 1.54) is 0 Å². The number of ether oxygens (including phenoxy) is 3. The van der Waals surface area contributed by atoms with Gasteiger partial charge >= 0.3 is 0 Å². The first-order valence-corrected chi connectivity index (χ1v) is 9.29. The van der Waals surface area contributed by atoms with Crippen LogP contribution in [0.2, 0.25) is 5.02 Å². The van der Waals surface area contributed by atoms with E-state index in [0.717, 1.165) is 39.1 Å². The second-order valence-electron chi connectivity index (χ2n) is 6.88. The highest BCUT2D eigenvalue weighted by Gasteiger charge is 2.49. The van der Waals surface area contributed by atoms with Crippen molar-refractivity contribution in [3.8, 4) is 5.75 Å². The molecule has 2 fully saturated rings. The number of halogens is 1. The molecular formula is C19H26ClNO4. The number of methoxy groups -OCH3 is 1. The zero-order valence-electron chi connectivity index (χ0n) is 14.9.